The number of carbonyl (C=O) groups excluding carboxylic acids is 2. The second kappa shape index (κ2) is 15.1. The first-order valence-electron chi connectivity index (χ1n) is 14.0. The van der Waals surface area contributed by atoms with E-state index in [-0.39, 0.29) is 23.4 Å². The van der Waals surface area contributed by atoms with Crippen molar-refractivity contribution in [2.24, 2.45) is 0 Å². The van der Waals surface area contributed by atoms with Crippen LogP contribution in [-0.2, 0) is 26.2 Å². The first-order valence-corrected chi connectivity index (χ1v) is 16.7. The summed E-state index contributed by atoms with van der Waals surface area (Å²) in [4.78, 5) is 30.1. The summed E-state index contributed by atoms with van der Waals surface area (Å²) in [5.41, 5.74) is 2.11. The highest BCUT2D eigenvalue weighted by atomic mass is 32.2. The maximum absolute atomic E-state index is 14.2. The van der Waals surface area contributed by atoms with Crippen LogP contribution < -0.4 is 14.4 Å². The van der Waals surface area contributed by atoms with E-state index < -0.39 is 28.5 Å². The Balaban J connectivity index is 2.05. The van der Waals surface area contributed by atoms with E-state index in [1.54, 1.807) is 55.6 Å². The average molecular weight is 612 g/mol. The van der Waals surface area contributed by atoms with Crippen molar-refractivity contribution in [3.8, 4) is 5.75 Å². The molecule has 3 aromatic carbocycles. The standard InChI is InChI=1S/C32H41N3O5S2/c1-7-24(4)33-32(37)30(8-2)34(21-25-11-15-27(40-5)16-12-25)31(36)22-35(26-13-9-23(3)10-14-26)42(38,39)29-19-17-28(41-6)18-20-29/h9-20,24,30H,7-8,21-22H2,1-6H3,(H,33,37)/t24-,30-/m1/s1. The van der Waals surface area contributed by atoms with Crippen molar-refractivity contribution in [1.82, 2.24) is 10.2 Å². The Morgan fingerprint density at radius 2 is 1.55 bits per heavy atom. The highest BCUT2D eigenvalue weighted by Crippen LogP contribution is 2.27. The molecule has 0 saturated carbocycles. The minimum absolute atomic E-state index is 0.0711. The second-order valence-corrected chi connectivity index (χ2v) is 12.9. The van der Waals surface area contributed by atoms with Crippen LogP contribution in [0.4, 0.5) is 5.69 Å². The van der Waals surface area contributed by atoms with E-state index in [4.69, 9.17) is 4.74 Å². The molecule has 1 N–H and O–H groups in total. The Bertz CT molecular complexity index is 1430. The van der Waals surface area contributed by atoms with Gasteiger partial charge >= 0.3 is 0 Å². The number of aryl methyl sites for hydroxylation is 1. The Hall–Kier alpha value is -3.50. The van der Waals surface area contributed by atoms with Crippen molar-refractivity contribution in [2.75, 3.05) is 24.2 Å². The number of nitrogens with one attached hydrogen (secondary N) is 1. The lowest BCUT2D eigenvalue weighted by molar-refractivity contribution is -0.140. The molecule has 0 unspecified atom stereocenters. The van der Waals surface area contributed by atoms with Gasteiger partial charge in [0, 0.05) is 17.5 Å². The average Bonchev–Trinajstić information content (AvgIpc) is 3.00. The minimum Gasteiger partial charge on any atom is -0.497 e. The van der Waals surface area contributed by atoms with Gasteiger partial charge in [0.15, 0.2) is 0 Å². The van der Waals surface area contributed by atoms with Crippen molar-refractivity contribution >= 4 is 39.3 Å². The van der Waals surface area contributed by atoms with Crippen molar-refractivity contribution in [1.29, 1.82) is 0 Å². The number of hydrogen-bond acceptors (Lipinski definition) is 6. The number of rotatable bonds is 14. The van der Waals surface area contributed by atoms with Crippen molar-refractivity contribution in [3.05, 3.63) is 83.9 Å². The molecule has 3 rings (SSSR count). The number of carbonyl (C=O) groups is 2. The number of amides is 2. The van der Waals surface area contributed by atoms with Crippen LogP contribution in [0.25, 0.3) is 0 Å². The van der Waals surface area contributed by atoms with Gasteiger partial charge in [0.1, 0.15) is 18.3 Å². The zero-order valence-electron chi connectivity index (χ0n) is 25.2. The van der Waals surface area contributed by atoms with Crippen LogP contribution in [-0.4, -0.2) is 57.1 Å². The number of ether oxygens (including phenoxy) is 1. The topological polar surface area (TPSA) is 96.0 Å². The molecule has 42 heavy (non-hydrogen) atoms. The van der Waals surface area contributed by atoms with Crippen LogP contribution >= 0.6 is 11.8 Å². The summed E-state index contributed by atoms with van der Waals surface area (Å²) in [6.45, 7) is 7.29. The fourth-order valence-electron chi connectivity index (χ4n) is 4.40. The number of benzene rings is 3. The van der Waals surface area contributed by atoms with Gasteiger partial charge in [-0.1, -0.05) is 43.7 Å². The van der Waals surface area contributed by atoms with E-state index >= 15 is 0 Å². The van der Waals surface area contributed by atoms with Crippen LogP contribution in [0.5, 0.6) is 5.75 Å². The highest BCUT2D eigenvalue weighted by molar-refractivity contribution is 7.98. The van der Waals surface area contributed by atoms with Crippen molar-refractivity contribution < 1.29 is 22.7 Å². The Morgan fingerprint density at radius 3 is 2.07 bits per heavy atom. The molecule has 0 heterocycles. The summed E-state index contributed by atoms with van der Waals surface area (Å²) in [5, 5.41) is 2.99. The van der Waals surface area contributed by atoms with Crippen LogP contribution in [0.15, 0.2) is 82.6 Å². The number of hydrogen-bond donors (Lipinski definition) is 1. The van der Waals surface area contributed by atoms with E-state index in [0.29, 0.717) is 17.9 Å². The van der Waals surface area contributed by atoms with Crippen LogP contribution in [0.1, 0.15) is 44.7 Å². The molecule has 0 aliphatic heterocycles. The Morgan fingerprint density at radius 1 is 0.929 bits per heavy atom. The first-order chi connectivity index (χ1) is 20.0. The smallest absolute Gasteiger partial charge is 0.264 e. The van der Waals surface area contributed by atoms with E-state index in [9.17, 15) is 18.0 Å². The molecular formula is C32H41N3O5S2. The summed E-state index contributed by atoms with van der Waals surface area (Å²) in [6.07, 6.45) is 3.01. The SMILES string of the molecule is CC[C@@H](C)NC(=O)[C@@H](CC)N(Cc1ccc(OC)cc1)C(=O)CN(c1ccc(C)cc1)S(=O)(=O)c1ccc(SC)cc1. The molecule has 0 aliphatic rings. The summed E-state index contributed by atoms with van der Waals surface area (Å²) in [5.74, 6) is -0.0877. The van der Waals surface area contributed by atoms with Gasteiger partial charge in [-0.15, -0.1) is 11.8 Å². The molecule has 0 saturated heterocycles. The fourth-order valence-corrected chi connectivity index (χ4v) is 6.23. The molecule has 2 amide bonds. The van der Waals surface area contributed by atoms with E-state index in [0.717, 1.165) is 26.7 Å². The highest BCUT2D eigenvalue weighted by Gasteiger charge is 2.34. The van der Waals surface area contributed by atoms with E-state index in [1.165, 1.54) is 16.7 Å². The molecule has 0 aromatic heterocycles. The van der Waals surface area contributed by atoms with Crippen molar-refractivity contribution in [2.45, 2.75) is 69.0 Å². The number of sulfonamides is 1. The van der Waals surface area contributed by atoms with E-state index in [2.05, 4.69) is 5.32 Å². The monoisotopic (exact) mass is 611 g/mol. The summed E-state index contributed by atoms with van der Waals surface area (Å²) < 4.78 is 34.4. The number of methoxy groups -OCH3 is 1. The zero-order chi connectivity index (χ0) is 30.9. The number of anilines is 1. The molecule has 226 valence electrons. The summed E-state index contributed by atoms with van der Waals surface area (Å²) in [6, 6.07) is 20.0. The minimum atomic E-state index is -4.12. The molecule has 0 fully saturated rings. The molecule has 2 atom stereocenters. The van der Waals surface area contributed by atoms with Crippen molar-refractivity contribution in [3.63, 3.8) is 0 Å². The van der Waals surface area contributed by atoms with E-state index in [1.807, 2.05) is 58.2 Å². The van der Waals surface area contributed by atoms with Crippen LogP contribution in [0.2, 0.25) is 0 Å². The largest absolute Gasteiger partial charge is 0.497 e. The number of thioether (sulfide) groups is 1. The molecule has 0 bridgehead atoms. The Labute approximate surface area is 254 Å². The van der Waals surface area contributed by atoms with Gasteiger partial charge in [-0.05, 0) is 87.0 Å². The normalized spacial score (nSPS) is 12.7. The zero-order valence-corrected chi connectivity index (χ0v) is 26.8. The van der Waals surface area contributed by atoms with Gasteiger partial charge in [-0.3, -0.25) is 13.9 Å². The molecule has 0 spiro atoms. The lowest BCUT2D eigenvalue weighted by Crippen LogP contribution is -2.53. The molecule has 10 heteroatoms. The molecule has 8 nitrogen and oxygen atoms in total. The Kier molecular flexibility index (Phi) is 11.9. The third kappa shape index (κ3) is 8.29. The summed E-state index contributed by atoms with van der Waals surface area (Å²) >= 11 is 1.51. The molecule has 0 radical (unpaired) electrons. The third-order valence-electron chi connectivity index (χ3n) is 7.15. The predicted molar refractivity (Wildman–Crippen MR) is 169 cm³/mol. The first kappa shape index (κ1) is 33.0. The van der Waals surface area contributed by atoms with Gasteiger partial charge in [-0.2, -0.15) is 0 Å². The van der Waals surface area contributed by atoms with Gasteiger partial charge in [0.25, 0.3) is 10.0 Å². The van der Waals surface area contributed by atoms with Crippen LogP contribution in [0.3, 0.4) is 0 Å². The second-order valence-electron chi connectivity index (χ2n) is 10.1. The summed E-state index contributed by atoms with van der Waals surface area (Å²) in [7, 11) is -2.54. The lowest BCUT2D eigenvalue weighted by Gasteiger charge is -2.33. The van der Waals surface area contributed by atoms with Crippen LogP contribution in [0, 0.1) is 6.92 Å². The lowest BCUT2D eigenvalue weighted by atomic mass is 10.1. The van der Waals surface area contributed by atoms with Gasteiger partial charge in [0.2, 0.25) is 11.8 Å². The molecule has 0 aliphatic carbocycles. The fraction of sp³-hybridized carbons (Fsp3) is 0.375. The number of nitrogens with zero attached hydrogens (tertiary/aromatic N) is 2. The molecular weight excluding hydrogens is 571 g/mol. The third-order valence-corrected chi connectivity index (χ3v) is 9.68. The predicted octanol–water partition coefficient (Wildman–Crippen LogP) is 5.64. The maximum Gasteiger partial charge on any atom is 0.264 e. The van der Waals surface area contributed by atoms with Gasteiger partial charge in [0.05, 0.1) is 17.7 Å². The van der Waals surface area contributed by atoms with Gasteiger partial charge < -0.3 is 15.0 Å². The quantitative estimate of drug-likeness (QED) is 0.237. The molecule has 3 aromatic rings. The van der Waals surface area contributed by atoms with Gasteiger partial charge in [-0.25, -0.2) is 8.42 Å². The maximum atomic E-state index is 14.2.